The molecule has 0 atom stereocenters. The molecule has 0 saturated heterocycles. The van der Waals surface area contributed by atoms with Gasteiger partial charge < -0.3 is 0 Å². The molecule has 0 aromatic carbocycles. The molecule has 0 aliphatic rings. The van der Waals surface area contributed by atoms with Crippen molar-refractivity contribution >= 4 is 21.9 Å². The maximum absolute atomic E-state index is 9.11. The highest BCUT2D eigenvalue weighted by Crippen LogP contribution is 1.71. The zero-order chi connectivity index (χ0) is 4.12. The fourth-order valence-corrected chi connectivity index (χ4v) is 0.116. The minimum absolute atomic E-state index is 1.32. The summed E-state index contributed by atoms with van der Waals surface area (Å²) >= 11 is 2.81. The normalized spacial score (nSPS) is 4.20. The summed E-state index contributed by atoms with van der Waals surface area (Å²) in [7, 11) is 0. The summed E-state index contributed by atoms with van der Waals surface area (Å²) in [5.41, 5.74) is 2.10. The molecule has 0 N–H and O–H groups in total. The summed E-state index contributed by atoms with van der Waals surface area (Å²) in [5.74, 6) is 1.41. The number of halogens is 1. The Morgan fingerprint density at radius 3 is 2.40 bits per heavy atom. The maximum Gasteiger partial charge on any atom is 0.177 e. The fraction of sp³-hybridized carbons (Fsp3) is 0. The lowest BCUT2D eigenvalue weighted by atomic mass is 11.0. The lowest BCUT2D eigenvalue weighted by Gasteiger charge is -1.33. The average Bonchev–Trinajstić information content (AvgIpc) is 1.41. The average molecular weight is 133 g/mol. The highest BCUT2D eigenvalue weighted by atomic mass is 79.9. The van der Waals surface area contributed by atoms with Crippen LogP contribution in [0.1, 0.15) is 0 Å². The van der Waals surface area contributed by atoms with Crippen LogP contribution in [0.3, 0.4) is 0 Å². The summed E-state index contributed by atoms with van der Waals surface area (Å²) in [5, 5.41) is 0. The number of hydrogen-bond donors (Lipinski definition) is 0. The van der Waals surface area contributed by atoms with Gasteiger partial charge in [0.2, 0.25) is 0 Å². The Kier molecular flexibility index (Phi) is 3.49. The third-order valence-electron chi connectivity index (χ3n) is 0.113. The van der Waals surface area contributed by atoms with Crippen molar-refractivity contribution in [2.24, 2.45) is 0 Å². The monoisotopic (exact) mass is 132 g/mol. The molecule has 0 saturated carbocycles. The lowest BCUT2D eigenvalue weighted by Crippen LogP contribution is -1.27. The third kappa shape index (κ3) is 3.71. The van der Waals surface area contributed by atoms with E-state index in [2.05, 4.69) is 21.7 Å². The van der Waals surface area contributed by atoms with Gasteiger partial charge in [0.05, 0.1) is 0 Å². The predicted molar refractivity (Wildman–Crippen MR) is 22.7 cm³/mol. The van der Waals surface area contributed by atoms with Gasteiger partial charge in [-0.1, -0.05) is 0 Å². The van der Waals surface area contributed by atoms with Gasteiger partial charge in [0.15, 0.2) is 5.94 Å². The minimum atomic E-state index is 1.32. The fourth-order valence-electron chi connectivity index (χ4n) is 0.0223. The van der Waals surface area contributed by atoms with Crippen LogP contribution in [0, 0.1) is 0 Å². The Labute approximate surface area is 38.1 Å². The molecule has 0 rings (SSSR count). The predicted octanol–water partition coefficient (Wildman–Crippen LogP) is 0.882. The van der Waals surface area contributed by atoms with Gasteiger partial charge in [-0.2, -0.15) is 0 Å². The van der Waals surface area contributed by atoms with E-state index in [0.29, 0.717) is 0 Å². The van der Waals surface area contributed by atoms with Crippen LogP contribution in [0.2, 0.25) is 0 Å². The molecular weight excluding hydrogens is 132 g/mol. The Morgan fingerprint density at radius 2 is 2.40 bits per heavy atom. The van der Waals surface area contributed by atoms with Gasteiger partial charge in [0.25, 0.3) is 0 Å². The van der Waals surface area contributed by atoms with E-state index in [4.69, 9.17) is 4.79 Å². The molecule has 0 heterocycles. The molecule has 0 aliphatic heterocycles. The van der Waals surface area contributed by atoms with E-state index in [-0.39, 0.29) is 0 Å². The molecule has 0 unspecified atom stereocenters. The van der Waals surface area contributed by atoms with Crippen LogP contribution < -0.4 is 0 Å². The molecule has 0 amide bonds. The molecule has 26 valence electrons. The molecule has 0 aromatic rings. The first kappa shape index (κ1) is 4.71. The molecule has 1 nitrogen and oxygen atoms in total. The van der Waals surface area contributed by atoms with Crippen LogP contribution in [0.4, 0.5) is 0 Å². The van der Waals surface area contributed by atoms with E-state index in [1.165, 1.54) is 10.9 Å². The maximum atomic E-state index is 9.11. The first-order valence-corrected chi connectivity index (χ1v) is 1.88. The van der Waals surface area contributed by atoms with Crippen molar-refractivity contribution in [3.8, 4) is 0 Å². The first-order chi connectivity index (χ1) is 2.41. The van der Waals surface area contributed by atoms with Crippen molar-refractivity contribution in [1.29, 1.82) is 0 Å². The Morgan fingerprint density at radius 1 is 1.80 bits per heavy atom. The van der Waals surface area contributed by atoms with Crippen LogP contribution in [0.5, 0.6) is 0 Å². The van der Waals surface area contributed by atoms with Crippen LogP contribution in [-0.4, -0.2) is 5.94 Å². The van der Waals surface area contributed by atoms with Crippen molar-refractivity contribution in [2.75, 3.05) is 0 Å². The SMILES string of the molecule is O=C=C=CBr. The Balaban J connectivity index is 3.75. The van der Waals surface area contributed by atoms with Gasteiger partial charge in [-0.3, -0.25) is 0 Å². The smallest absolute Gasteiger partial charge is 0.177 e. The first-order valence-electron chi connectivity index (χ1n) is 0.961. The van der Waals surface area contributed by atoms with Gasteiger partial charge in [-0.15, -0.1) is 0 Å². The zero-order valence-electron chi connectivity index (χ0n) is 2.36. The number of rotatable bonds is 0. The molecule has 0 aromatic heterocycles. The third-order valence-corrected chi connectivity index (χ3v) is 0.342. The van der Waals surface area contributed by atoms with Crippen LogP contribution in [0.25, 0.3) is 0 Å². The highest BCUT2D eigenvalue weighted by Gasteiger charge is 1.36. The Hall–Kier alpha value is -0.290. The summed E-state index contributed by atoms with van der Waals surface area (Å²) in [6, 6.07) is 0. The molecule has 0 bridgehead atoms. The van der Waals surface area contributed by atoms with Crippen LogP contribution in [-0.2, 0) is 4.79 Å². The summed E-state index contributed by atoms with van der Waals surface area (Å²) in [4.78, 5) is 10.4. The van der Waals surface area contributed by atoms with Crippen molar-refractivity contribution < 1.29 is 4.79 Å². The molecule has 0 aliphatic carbocycles. The van der Waals surface area contributed by atoms with Gasteiger partial charge in [-0.05, 0) is 21.7 Å². The van der Waals surface area contributed by atoms with E-state index >= 15 is 0 Å². The van der Waals surface area contributed by atoms with E-state index in [9.17, 15) is 0 Å². The lowest BCUT2D eigenvalue weighted by molar-refractivity contribution is 0.569. The van der Waals surface area contributed by atoms with Crippen molar-refractivity contribution in [3.63, 3.8) is 0 Å². The Bertz CT molecular complexity index is 85.1. The van der Waals surface area contributed by atoms with Gasteiger partial charge >= 0.3 is 0 Å². The van der Waals surface area contributed by atoms with E-state index < -0.39 is 0 Å². The van der Waals surface area contributed by atoms with Gasteiger partial charge in [-0.25, -0.2) is 4.79 Å². The summed E-state index contributed by atoms with van der Waals surface area (Å²) in [6.45, 7) is 0. The number of hydrogen-bond acceptors (Lipinski definition) is 1. The molecular formula is C3HBrO. The van der Waals surface area contributed by atoms with E-state index in [1.807, 2.05) is 0 Å². The molecule has 0 radical (unpaired) electrons. The topological polar surface area (TPSA) is 17.1 Å². The zero-order valence-corrected chi connectivity index (χ0v) is 3.95. The van der Waals surface area contributed by atoms with Crippen molar-refractivity contribution in [1.82, 2.24) is 0 Å². The van der Waals surface area contributed by atoms with E-state index in [0.717, 1.165) is 0 Å². The van der Waals surface area contributed by atoms with Crippen molar-refractivity contribution in [2.45, 2.75) is 0 Å². The van der Waals surface area contributed by atoms with Gasteiger partial charge in [0.1, 0.15) is 0 Å². The molecule has 0 spiro atoms. The second-order valence-electron chi connectivity index (χ2n) is 0.356. The van der Waals surface area contributed by atoms with Crippen LogP contribution in [0.15, 0.2) is 10.7 Å². The second kappa shape index (κ2) is 3.71. The minimum Gasteiger partial charge on any atom is -0.224 e. The quantitative estimate of drug-likeness (QED) is 0.354. The molecule has 2 heteroatoms. The van der Waals surface area contributed by atoms with Crippen LogP contribution >= 0.6 is 15.9 Å². The van der Waals surface area contributed by atoms with Crippen molar-refractivity contribution in [3.05, 3.63) is 10.7 Å². The van der Waals surface area contributed by atoms with Gasteiger partial charge in [0, 0.05) is 4.99 Å². The summed E-state index contributed by atoms with van der Waals surface area (Å²) in [6.07, 6.45) is 0. The standard InChI is InChI=1S/C3HBrO/c4-2-1-3-5/h2H. The number of carbonyl (C=O) groups excluding carboxylic acids is 1. The molecule has 5 heavy (non-hydrogen) atoms. The van der Waals surface area contributed by atoms with E-state index in [1.54, 1.807) is 0 Å². The molecule has 0 fully saturated rings. The largest absolute Gasteiger partial charge is 0.224 e. The summed E-state index contributed by atoms with van der Waals surface area (Å²) < 4.78 is 0. The highest BCUT2D eigenvalue weighted by molar-refractivity contribution is 9.11. The second-order valence-corrected chi connectivity index (χ2v) is 0.813.